The second kappa shape index (κ2) is 11.0. The summed E-state index contributed by atoms with van der Waals surface area (Å²) in [5.74, 6) is 1.61. The van der Waals surface area contributed by atoms with Crippen molar-refractivity contribution in [2.45, 2.75) is 13.5 Å². The van der Waals surface area contributed by atoms with Crippen LogP contribution in [0.1, 0.15) is 12.5 Å². The van der Waals surface area contributed by atoms with Gasteiger partial charge in [0.15, 0.2) is 5.96 Å². The van der Waals surface area contributed by atoms with Gasteiger partial charge < -0.3 is 15.0 Å². The van der Waals surface area contributed by atoms with Gasteiger partial charge in [-0.15, -0.1) is 0 Å². The molecule has 2 heterocycles. The molecule has 2 saturated heterocycles. The molecular formula is C21H34ClN5O. The molecule has 2 fully saturated rings. The van der Waals surface area contributed by atoms with Gasteiger partial charge in [0.2, 0.25) is 0 Å². The van der Waals surface area contributed by atoms with Gasteiger partial charge in [0, 0.05) is 71.0 Å². The number of hydrogen-bond acceptors (Lipinski definition) is 4. The molecule has 6 nitrogen and oxygen atoms in total. The Hall–Kier alpha value is -1.34. The average molecular weight is 408 g/mol. The number of rotatable bonds is 6. The molecule has 2 aliphatic heterocycles. The monoisotopic (exact) mass is 407 g/mol. The Morgan fingerprint density at radius 1 is 1.07 bits per heavy atom. The van der Waals surface area contributed by atoms with Crippen molar-refractivity contribution in [3.63, 3.8) is 0 Å². The topological polar surface area (TPSA) is 43.3 Å². The summed E-state index contributed by atoms with van der Waals surface area (Å²) < 4.78 is 5.43. The summed E-state index contributed by atoms with van der Waals surface area (Å²) in [6, 6.07) is 8.17. The fourth-order valence-electron chi connectivity index (χ4n) is 3.85. The molecule has 1 unspecified atom stereocenters. The maximum Gasteiger partial charge on any atom is 0.193 e. The molecule has 0 bridgehead atoms. The Kier molecular flexibility index (Phi) is 8.40. The molecular weight excluding hydrogens is 374 g/mol. The maximum atomic E-state index is 5.98. The van der Waals surface area contributed by atoms with Crippen LogP contribution >= 0.6 is 11.6 Å². The minimum atomic E-state index is 0.584. The number of aliphatic imine (C=N–C) groups is 1. The minimum Gasteiger partial charge on any atom is -0.379 e. The van der Waals surface area contributed by atoms with Gasteiger partial charge in [-0.2, -0.15) is 0 Å². The van der Waals surface area contributed by atoms with Crippen molar-refractivity contribution in [2.75, 3.05) is 72.6 Å². The van der Waals surface area contributed by atoms with Crippen molar-refractivity contribution >= 4 is 17.6 Å². The Balaban J connectivity index is 1.38. The summed E-state index contributed by atoms with van der Waals surface area (Å²) in [5.41, 5.74) is 1.32. The van der Waals surface area contributed by atoms with Crippen molar-refractivity contribution in [2.24, 2.45) is 10.9 Å². The molecule has 2 aliphatic rings. The molecule has 0 spiro atoms. The van der Waals surface area contributed by atoms with E-state index in [2.05, 4.69) is 44.1 Å². The number of halogens is 1. The standard InChI is InChI=1S/C21H34ClN5O/c1-18(16-26-11-13-28-14-12-26)15-24-21(23-2)27-9-7-25(8-10-27)17-19-3-5-20(22)6-4-19/h3-6,18H,7-17H2,1-2H3,(H,23,24). The summed E-state index contributed by atoms with van der Waals surface area (Å²) in [4.78, 5) is 11.9. The maximum absolute atomic E-state index is 5.98. The first-order valence-corrected chi connectivity index (χ1v) is 10.7. The van der Waals surface area contributed by atoms with Gasteiger partial charge in [-0.1, -0.05) is 30.7 Å². The Labute approximate surface area is 174 Å². The average Bonchev–Trinajstić information content (AvgIpc) is 2.72. The predicted molar refractivity (Wildman–Crippen MR) is 116 cm³/mol. The fraction of sp³-hybridized carbons (Fsp3) is 0.667. The lowest BCUT2D eigenvalue weighted by atomic mass is 10.1. The molecule has 7 heteroatoms. The third kappa shape index (κ3) is 6.62. The van der Waals surface area contributed by atoms with E-state index in [1.165, 1.54) is 5.56 Å². The molecule has 0 aliphatic carbocycles. The van der Waals surface area contributed by atoms with Crippen LogP contribution < -0.4 is 5.32 Å². The lowest BCUT2D eigenvalue weighted by Crippen LogP contribution is -2.53. The third-order valence-corrected chi connectivity index (χ3v) is 5.74. The van der Waals surface area contributed by atoms with E-state index in [-0.39, 0.29) is 0 Å². The molecule has 1 N–H and O–H groups in total. The van der Waals surface area contributed by atoms with E-state index in [0.29, 0.717) is 5.92 Å². The van der Waals surface area contributed by atoms with Crippen LogP contribution in [0.3, 0.4) is 0 Å². The van der Waals surface area contributed by atoms with Crippen LogP contribution in [0.2, 0.25) is 5.02 Å². The van der Waals surface area contributed by atoms with E-state index in [0.717, 1.165) is 83.1 Å². The molecule has 28 heavy (non-hydrogen) atoms. The number of piperazine rings is 1. The number of guanidine groups is 1. The number of hydrogen-bond donors (Lipinski definition) is 1. The second-order valence-corrected chi connectivity index (χ2v) is 8.27. The van der Waals surface area contributed by atoms with E-state index in [1.54, 1.807) is 0 Å². The highest BCUT2D eigenvalue weighted by molar-refractivity contribution is 6.30. The highest BCUT2D eigenvalue weighted by Crippen LogP contribution is 2.13. The molecule has 156 valence electrons. The van der Waals surface area contributed by atoms with E-state index in [9.17, 15) is 0 Å². The fourth-order valence-corrected chi connectivity index (χ4v) is 3.98. The number of morpholine rings is 1. The van der Waals surface area contributed by atoms with E-state index < -0.39 is 0 Å². The van der Waals surface area contributed by atoms with E-state index in [4.69, 9.17) is 16.3 Å². The third-order valence-electron chi connectivity index (χ3n) is 5.49. The Morgan fingerprint density at radius 3 is 2.39 bits per heavy atom. The van der Waals surface area contributed by atoms with Gasteiger partial charge >= 0.3 is 0 Å². The zero-order valence-corrected chi connectivity index (χ0v) is 18.0. The molecule has 0 saturated carbocycles. The molecule has 0 amide bonds. The van der Waals surface area contributed by atoms with Gasteiger partial charge in [0.1, 0.15) is 0 Å². The van der Waals surface area contributed by atoms with Crippen molar-refractivity contribution in [1.29, 1.82) is 0 Å². The largest absolute Gasteiger partial charge is 0.379 e. The minimum absolute atomic E-state index is 0.584. The van der Waals surface area contributed by atoms with Gasteiger partial charge in [-0.05, 0) is 23.6 Å². The van der Waals surface area contributed by atoms with Crippen LogP contribution in [0.15, 0.2) is 29.3 Å². The lowest BCUT2D eigenvalue weighted by Gasteiger charge is -2.37. The summed E-state index contributed by atoms with van der Waals surface area (Å²) in [6.07, 6.45) is 0. The van der Waals surface area contributed by atoms with Crippen LogP contribution in [0, 0.1) is 5.92 Å². The highest BCUT2D eigenvalue weighted by Gasteiger charge is 2.20. The first kappa shape index (κ1) is 21.4. The molecule has 0 radical (unpaired) electrons. The smallest absolute Gasteiger partial charge is 0.193 e. The van der Waals surface area contributed by atoms with Crippen LogP contribution in [0.5, 0.6) is 0 Å². The van der Waals surface area contributed by atoms with Crippen LogP contribution in [0.4, 0.5) is 0 Å². The Bertz CT molecular complexity index is 610. The summed E-state index contributed by atoms with van der Waals surface area (Å²) >= 11 is 5.98. The quantitative estimate of drug-likeness (QED) is 0.577. The predicted octanol–water partition coefficient (Wildman–Crippen LogP) is 2.00. The van der Waals surface area contributed by atoms with Crippen LogP contribution in [0.25, 0.3) is 0 Å². The molecule has 0 aromatic heterocycles. The van der Waals surface area contributed by atoms with Gasteiger partial charge in [-0.3, -0.25) is 14.8 Å². The Morgan fingerprint density at radius 2 is 1.75 bits per heavy atom. The lowest BCUT2D eigenvalue weighted by molar-refractivity contribution is 0.0320. The zero-order valence-electron chi connectivity index (χ0n) is 17.2. The summed E-state index contributed by atoms with van der Waals surface area (Å²) in [6.45, 7) is 13.3. The van der Waals surface area contributed by atoms with Crippen LogP contribution in [-0.4, -0.2) is 93.3 Å². The number of benzene rings is 1. The SMILES string of the molecule is CN=C(NCC(C)CN1CCOCC1)N1CCN(Cc2ccc(Cl)cc2)CC1. The van der Waals surface area contributed by atoms with Crippen LogP contribution in [-0.2, 0) is 11.3 Å². The van der Waals surface area contributed by atoms with Crippen molar-refractivity contribution in [1.82, 2.24) is 20.0 Å². The van der Waals surface area contributed by atoms with Crippen molar-refractivity contribution in [3.05, 3.63) is 34.9 Å². The van der Waals surface area contributed by atoms with Gasteiger partial charge in [0.05, 0.1) is 13.2 Å². The number of nitrogens with one attached hydrogen (secondary N) is 1. The number of ether oxygens (including phenoxy) is 1. The molecule has 3 rings (SSSR count). The van der Waals surface area contributed by atoms with Crippen molar-refractivity contribution in [3.8, 4) is 0 Å². The molecule has 1 aromatic rings. The van der Waals surface area contributed by atoms with Gasteiger partial charge in [-0.25, -0.2) is 0 Å². The van der Waals surface area contributed by atoms with E-state index >= 15 is 0 Å². The van der Waals surface area contributed by atoms with Gasteiger partial charge in [0.25, 0.3) is 0 Å². The van der Waals surface area contributed by atoms with Crippen molar-refractivity contribution < 1.29 is 4.74 Å². The first-order valence-electron chi connectivity index (χ1n) is 10.4. The summed E-state index contributed by atoms with van der Waals surface area (Å²) in [5, 5.41) is 4.38. The van der Waals surface area contributed by atoms with E-state index in [1.807, 2.05) is 19.2 Å². The highest BCUT2D eigenvalue weighted by atomic mass is 35.5. The normalized spacial score (nSPS) is 21.0. The number of nitrogens with zero attached hydrogens (tertiary/aromatic N) is 4. The zero-order chi connectivity index (χ0) is 19.8. The first-order chi connectivity index (χ1) is 13.6. The molecule has 1 aromatic carbocycles. The second-order valence-electron chi connectivity index (χ2n) is 7.84. The molecule has 1 atom stereocenters. The summed E-state index contributed by atoms with van der Waals surface area (Å²) in [7, 11) is 1.88.